The number of hydrogen-bond acceptors (Lipinski definition) is 0. The summed E-state index contributed by atoms with van der Waals surface area (Å²) < 4.78 is 0. The van der Waals surface area contributed by atoms with Gasteiger partial charge in [-0.25, -0.2) is 0 Å². The van der Waals surface area contributed by atoms with Gasteiger partial charge in [-0.1, -0.05) is 0 Å². The summed E-state index contributed by atoms with van der Waals surface area (Å²) in [4.78, 5) is 0. The van der Waals surface area contributed by atoms with Crippen molar-refractivity contribution < 1.29 is 26.2 Å². The molecule has 26 heavy (non-hydrogen) atoms. The molecule has 0 unspecified atom stereocenters. The molecule has 0 radical (unpaired) electrons. The molecule has 0 amide bonds. The molecule has 3 aromatic carbocycles. The van der Waals surface area contributed by atoms with E-state index in [1.807, 2.05) is 6.07 Å². The van der Waals surface area contributed by atoms with Crippen LogP contribution in [0.1, 0.15) is 16.7 Å². The molecule has 4 aromatic rings. The van der Waals surface area contributed by atoms with Crippen LogP contribution in [0, 0.1) is 26.7 Å². The molecule has 0 aliphatic rings. The van der Waals surface area contributed by atoms with E-state index in [2.05, 4.69) is 82.2 Å². The Balaban J connectivity index is 0.00000113. The van der Waals surface area contributed by atoms with Crippen LogP contribution in [0.5, 0.6) is 0 Å². The quantitative estimate of drug-likeness (QED) is 0.224. The van der Waals surface area contributed by atoms with Gasteiger partial charge in [-0.2, -0.15) is 0 Å². The standard InChI is InChI=1S/C22H18B.2ClH.Zr/c1-14-11-15(2)20(16(3)12-14)21-19-9-5-4-7-17(19)13-18-8-6-10-23-22(18)21;;;/h4-9,11-13H,1-3H3;2*1H;/q-1;;;. The second-order valence-corrected chi connectivity index (χ2v) is 6.39. The van der Waals surface area contributed by atoms with E-state index in [0.29, 0.717) is 0 Å². The monoisotopic (exact) mass is 455 g/mol. The Labute approximate surface area is 187 Å². The zero-order chi connectivity index (χ0) is 16.0. The van der Waals surface area contributed by atoms with Crippen molar-refractivity contribution in [3.63, 3.8) is 0 Å². The van der Waals surface area contributed by atoms with Crippen LogP contribution in [0.3, 0.4) is 0 Å². The molecule has 130 valence electrons. The van der Waals surface area contributed by atoms with Gasteiger partial charge in [-0.05, 0) is 0 Å². The van der Waals surface area contributed by atoms with Gasteiger partial charge in [0.25, 0.3) is 0 Å². The van der Waals surface area contributed by atoms with Crippen LogP contribution in [0.4, 0.5) is 0 Å². The largest absolute Gasteiger partial charge is 0.147 e. The Morgan fingerprint density at radius 3 is 2.12 bits per heavy atom. The summed E-state index contributed by atoms with van der Waals surface area (Å²) in [5.41, 5.74) is 6.69. The van der Waals surface area contributed by atoms with Gasteiger partial charge in [0.2, 0.25) is 0 Å². The second-order valence-electron chi connectivity index (χ2n) is 6.39. The smallest absolute Gasteiger partial charge is 0 e. The first kappa shape index (κ1) is 23.1. The van der Waals surface area contributed by atoms with Crippen LogP contribution in [-0.2, 0) is 26.2 Å². The number of hydrogen-bond donors (Lipinski definition) is 0. The first-order chi connectivity index (χ1) is 11.1. The van der Waals surface area contributed by atoms with Crippen molar-refractivity contribution in [2.75, 3.05) is 0 Å². The normalized spacial score (nSPS) is 9.81. The molecule has 0 N–H and O–H groups in total. The van der Waals surface area contributed by atoms with Crippen molar-refractivity contribution in [3.8, 4) is 11.1 Å². The van der Waals surface area contributed by atoms with Crippen molar-refractivity contribution in [2.24, 2.45) is 0 Å². The third-order valence-electron chi connectivity index (χ3n) is 4.64. The Bertz CT molecular complexity index is 983. The third-order valence-corrected chi connectivity index (χ3v) is 4.64. The van der Waals surface area contributed by atoms with Crippen LogP contribution < -0.4 is 0 Å². The van der Waals surface area contributed by atoms with Crippen LogP contribution >= 0.6 is 24.8 Å². The van der Waals surface area contributed by atoms with Crippen LogP contribution in [0.25, 0.3) is 32.6 Å². The summed E-state index contributed by atoms with van der Waals surface area (Å²) in [7, 11) is 0. The molecule has 0 atom stereocenters. The topological polar surface area (TPSA) is 0 Å². The van der Waals surface area contributed by atoms with Crippen molar-refractivity contribution in [2.45, 2.75) is 20.8 Å². The van der Waals surface area contributed by atoms with Crippen molar-refractivity contribution >= 4 is 53.2 Å². The van der Waals surface area contributed by atoms with E-state index < -0.39 is 0 Å². The number of fused-ring (bicyclic) bond motifs is 2. The van der Waals surface area contributed by atoms with Gasteiger partial charge in [-0.15, -0.1) is 24.8 Å². The molecule has 0 saturated heterocycles. The predicted octanol–water partition coefficient (Wildman–Crippen LogP) is 6.56. The molecule has 0 fully saturated rings. The predicted molar refractivity (Wildman–Crippen MR) is 116 cm³/mol. The summed E-state index contributed by atoms with van der Waals surface area (Å²) in [5.74, 6) is 3.26. The fourth-order valence-corrected chi connectivity index (χ4v) is 3.79. The fourth-order valence-electron chi connectivity index (χ4n) is 3.79. The molecule has 0 saturated carbocycles. The Hall–Kier alpha value is -0.942. The van der Waals surface area contributed by atoms with E-state index in [1.54, 1.807) is 0 Å². The Kier molecular flexibility index (Phi) is 8.27. The number of benzene rings is 3. The van der Waals surface area contributed by atoms with Gasteiger partial charge >= 0.3 is 137 Å². The Morgan fingerprint density at radius 2 is 1.42 bits per heavy atom. The second kappa shape index (κ2) is 9.31. The molecule has 0 aliphatic heterocycles. The van der Waals surface area contributed by atoms with Gasteiger partial charge < -0.3 is 0 Å². The maximum absolute atomic E-state index is 3.26. The van der Waals surface area contributed by atoms with E-state index in [1.165, 1.54) is 49.3 Å². The third kappa shape index (κ3) is 3.99. The minimum absolute atomic E-state index is 0. The maximum atomic E-state index is 3.26. The molecule has 0 aliphatic carbocycles. The number of aryl methyl sites for hydroxylation is 3. The molecule has 0 spiro atoms. The minimum Gasteiger partial charge on any atom is -0.147 e. The Morgan fingerprint density at radius 1 is 0.769 bits per heavy atom. The van der Waals surface area contributed by atoms with Crippen molar-refractivity contribution in [3.05, 3.63) is 77.2 Å². The van der Waals surface area contributed by atoms with E-state index in [9.17, 15) is 0 Å². The minimum atomic E-state index is 0. The molecule has 4 rings (SSSR count). The van der Waals surface area contributed by atoms with Crippen LogP contribution in [0.2, 0.25) is 0 Å². The number of rotatable bonds is 1. The summed E-state index contributed by atoms with van der Waals surface area (Å²) in [6.07, 6.45) is 0. The molecule has 1 heterocycles. The molecular weight excluding hydrogens is 437 g/mol. The summed E-state index contributed by atoms with van der Waals surface area (Å²) in [6.45, 7) is 8.72. The van der Waals surface area contributed by atoms with E-state index in [-0.39, 0.29) is 51.0 Å². The van der Waals surface area contributed by atoms with Gasteiger partial charge in [0.1, 0.15) is 0 Å². The summed E-state index contributed by atoms with van der Waals surface area (Å²) in [6, 6.07) is 19.7. The average Bonchev–Trinajstić information content (AvgIpc) is 2.53. The molecule has 0 bridgehead atoms. The molecule has 0 nitrogen and oxygen atoms in total. The van der Waals surface area contributed by atoms with Gasteiger partial charge in [0.05, 0.1) is 0 Å². The first-order valence-corrected chi connectivity index (χ1v) is 8.05. The molecular formula is C22H20BCl2Zr-. The zero-order valence-electron chi connectivity index (χ0n) is 15.1. The average molecular weight is 457 g/mol. The number of halogens is 2. The van der Waals surface area contributed by atoms with Crippen molar-refractivity contribution in [1.29, 1.82) is 0 Å². The van der Waals surface area contributed by atoms with Gasteiger partial charge in [-0.3, -0.25) is 0 Å². The maximum Gasteiger partial charge on any atom is 0 e. The SMILES string of the molecule is Cc1cc(C)c(-c2c3b[c-]ccc3cc3ccccc23)c(C)c1.Cl.Cl.[Zr]. The van der Waals surface area contributed by atoms with Gasteiger partial charge in [0.15, 0.2) is 0 Å². The van der Waals surface area contributed by atoms with Gasteiger partial charge in [0, 0.05) is 26.2 Å². The molecule has 4 heteroatoms. The first-order valence-electron chi connectivity index (χ1n) is 8.05. The van der Waals surface area contributed by atoms with Crippen LogP contribution in [-0.4, -0.2) is 6.91 Å². The summed E-state index contributed by atoms with van der Waals surface area (Å²) in [5, 5.41) is 5.16. The fraction of sp³-hybridized carbons (Fsp3) is 0.136. The van der Waals surface area contributed by atoms with Crippen molar-refractivity contribution in [1.82, 2.24) is 0 Å². The van der Waals surface area contributed by atoms with E-state index in [0.717, 1.165) is 0 Å². The van der Waals surface area contributed by atoms with E-state index >= 15 is 0 Å². The van der Waals surface area contributed by atoms with E-state index in [4.69, 9.17) is 0 Å². The molecule has 1 aromatic heterocycles. The van der Waals surface area contributed by atoms with Crippen LogP contribution in [0.15, 0.2) is 54.6 Å². The zero-order valence-corrected chi connectivity index (χ0v) is 19.2. The summed E-state index contributed by atoms with van der Waals surface area (Å²) >= 11 is 0.